The van der Waals surface area contributed by atoms with Gasteiger partial charge in [-0.2, -0.15) is 0 Å². The fourth-order valence-electron chi connectivity index (χ4n) is 2.72. The first-order valence-corrected chi connectivity index (χ1v) is 8.32. The number of hydrogen-bond donors (Lipinski definition) is 2. The molecule has 1 rings (SSSR count). The maximum absolute atomic E-state index is 10.5. The summed E-state index contributed by atoms with van der Waals surface area (Å²) >= 11 is 0. The summed E-state index contributed by atoms with van der Waals surface area (Å²) in [4.78, 5) is 0. The van der Waals surface area contributed by atoms with Gasteiger partial charge < -0.3 is 10.2 Å². The van der Waals surface area contributed by atoms with E-state index in [0.29, 0.717) is 6.42 Å². The van der Waals surface area contributed by atoms with Gasteiger partial charge in [0.25, 0.3) is 0 Å². The summed E-state index contributed by atoms with van der Waals surface area (Å²) < 4.78 is 0. The van der Waals surface area contributed by atoms with Crippen molar-refractivity contribution in [3.05, 3.63) is 47.1 Å². The molecule has 0 aliphatic heterocycles. The molecule has 124 valence electrons. The van der Waals surface area contributed by atoms with E-state index in [0.717, 1.165) is 24.8 Å². The molecule has 0 aromatic heterocycles. The molecule has 0 bridgehead atoms. The maximum Gasteiger partial charge on any atom is 0.0827 e. The summed E-state index contributed by atoms with van der Waals surface area (Å²) in [6, 6.07) is 0. The van der Waals surface area contributed by atoms with Crippen molar-refractivity contribution in [3.8, 4) is 0 Å². The van der Waals surface area contributed by atoms with Crippen LogP contribution in [0.1, 0.15) is 60.3 Å². The molecular weight excluding hydrogens is 272 g/mol. The molecule has 2 atom stereocenters. The van der Waals surface area contributed by atoms with Gasteiger partial charge in [0, 0.05) is 6.42 Å². The molecule has 2 N–H and O–H groups in total. The van der Waals surface area contributed by atoms with Gasteiger partial charge in [-0.05, 0) is 51.5 Å². The van der Waals surface area contributed by atoms with E-state index < -0.39 is 11.7 Å². The molecule has 0 saturated carbocycles. The van der Waals surface area contributed by atoms with Crippen molar-refractivity contribution in [1.82, 2.24) is 0 Å². The van der Waals surface area contributed by atoms with Gasteiger partial charge in [0.1, 0.15) is 0 Å². The third kappa shape index (κ3) is 6.76. The first kappa shape index (κ1) is 18.9. The summed E-state index contributed by atoms with van der Waals surface area (Å²) in [6.45, 7) is 10.2. The van der Waals surface area contributed by atoms with Crippen LogP contribution < -0.4 is 0 Å². The van der Waals surface area contributed by atoms with Crippen LogP contribution in [0.5, 0.6) is 0 Å². The average molecular weight is 304 g/mol. The van der Waals surface area contributed by atoms with E-state index in [9.17, 15) is 10.2 Å². The molecule has 0 amide bonds. The van der Waals surface area contributed by atoms with Gasteiger partial charge in [-0.1, -0.05) is 55.4 Å². The van der Waals surface area contributed by atoms with Gasteiger partial charge in [-0.15, -0.1) is 0 Å². The number of rotatable bonds is 1. The van der Waals surface area contributed by atoms with Crippen LogP contribution >= 0.6 is 0 Å². The van der Waals surface area contributed by atoms with E-state index >= 15 is 0 Å². The Balaban J connectivity index is 3.10. The first-order valence-electron chi connectivity index (χ1n) is 8.32. The zero-order valence-corrected chi connectivity index (χ0v) is 14.8. The molecule has 0 aromatic rings. The minimum atomic E-state index is -0.990. The van der Waals surface area contributed by atoms with E-state index in [1.54, 1.807) is 6.92 Å². The fourth-order valence-corrected chi connectivity index (χ4v) is 2.72. The molecule has 0 spiro atoms. The lowest BCUT2D eigenvalue weighted by Crippen LogP contribution is -2.30. The van der Waals surface area contributed by atoms with Crippen LogP contribution in [0.3, 0.4) is 0 Å². The van der Waals surface area contributed by atoms with Crippen LogP contribution in [0.25, 0.3) is 0 Å². The van der Waals surface area contributed by atoms with Crippen LogP contribution in [-0.4, -0.2) is 21.9 Å². The molecule has 22 heavy (non-hydrogen) atoms. The predicted molar refractivity (Wildman–Crippen MR) is 94.7 cm³/mol. The molecule has 0 radical (unpaired) electrons. The normalized spacial score (nSPS) is 37.3. The third-order valence-electron chi connectivity index (χ3n) is 4.17. The van der Waals surface area contributed by atoms with Crippen molar-refractivity contribution >= 4 is 0 Å². The highest BCUT2D eigenvalue weighted by molar-refractivity contribution is 5.23. The maximum atomic E-state index is 10.5. The summed E-state index contributed by atoms with van der Waals surface area (Å²) in [6.07, 6.45) is 12.9. The lowest BCUT2D eigenvalue weighted by molar-refractivity contribution is 0.0506. The highest BCUT2D eigenvalue weighted by atomic mass is 16.3. The molecule has 2 heteroatoms. The second-order valence-electron chi connectivity index (χ2n) is 7.11. The van der Waals surface area contributed by atoms with Gasteiger partial charge in [0.05, 0.1) is 11.7 Å². The molecule has 0 unspecified atom stereocenters. The highest BCUT2D eigenvalue weighted by Crippen LogP contribution is 2.24. The Kier molecular flexibility index (Phi) is 7.31. The number of hydrogen-bond acceptors (Lipinski definition) is 2. The smallest absolute Gasteiger partial charge is 0.0827 e. The summed E-state index contributed by atoms with van der Waals surface area (Å²) in [5.74, 6) is 0.258. The molecule has 2 nitrogen and oxygen atoms in total. The van der Waals surface area contributed by atoms with E-state index in [1.165, 1.54) is 11.1 Å². The van der Waals surface area contributed by atoms with Crippen molar-refractivity contribution in [3.63, 3.8) is 0 Å². The van der Waals surface area contributed by atoms with Crippen molar-refractivity contribution in [2.75, 3.05) is 0 Å². The van der Waals surface area contributed by atoms with Crippen molar-refractivity contribution in [1.29, 1.82) is 0 Å². The minimum absolute atomic E-state index is 0.258. The van der Waals surface area contributed by atoms with Crippen LogP contribution in [0.15, 0.2) is 47.1 Å². The van der Waals surface area contributed by atoms with Crippen molar-refractivity contribution in [2.24, 2.45) is 5.92 Å². The molecule has 1 aliphatic rings. The molecule has 1 aliphatic carbocycles. The van der Waals surface area contributed by atoms with Gasteiger partial charge in [-0.3, -0.25) is 0 Å². The fraction of sp³-hybridized carbons (Fsp3) is 0.600. The number of aliphatic hydroxyl groups is 2. The summed E-state index contributed by atoms with van der Waals surface area (Å²) in [5, 5.41) is 21.0. The Morgan fingerprint density at radius 3 is 2.50 bits per heavy atom. The van der Waals surface area contributed by atoms with Gasteiger partial charge in [0.2, 0.25) is 0 Å². The lowest BCUT2D eigenvalue weighted by atomic mass is 9.88. The Morgan fingerprint density at radius 1 is 1.18 bits per heavy atom. The SMILES string of the molecule is C/C1=C\CC/C(C)=C/C=C(/C(C)C)[C@@H](O)C[C@@](C)(O)/C=C/C1. The zero-order valence-electron chi connectivity index (χ0n) is 14.8. The molecule has 0 heterocycles. The predicted octanol–water partition coefficient (Wildman–Crippen LogP) is 4.70. The topological polar surface area (TPSA) is 40.5 Å². The number of allylic oxidation sites excluding steroid dienone is 6. The van der Waals surface area contributed by atoms with Gasteiger partial charge >= 0.3 is 0 Å². The lowest BCUT2D eigenvalue weighted by Gasteiger charge is -2.26. The van der Waals surface area contributed by atoms with Gasteiger partial charge in [0.15, 0.2) is 0 Å². The molecule has 0 saturated heterocycles. The summed E-state index contributed by atoms with van der Waals surface area (Å²) in [5.41, 5.74) is 2.62. The third-order valence-corrected chi connectivity index (χ3v) is 4.17. The van der Waals surface area contributed by atoms with Crippen LogP contribution in [0, 0.1) is 5.92 Å². The van der Waals surface area contributed by atoms with Crippen LogP contribution in [0.4, 0.5) is 0 Å². The first-order chi connectivity index (χ1) is 10.2. The van der Waals surface area contributed by atoms with Gasteiger partial charge in [-0.25, -0.2) is 0 Å². The van der Waals surface area contributed by atoms with E-state index in [2.05, 4.69) is 39.8 Å². The van der Waals surface area contributed by atoms with Crippen molar-refractivity contribution < 1.29 is 10.2 Å². The Bertz CT molecular complexity index is 476. The van der Waals surface area contributed by atoms with Crippen LogP contribution in [-0.2, 0) is 0 Å². The minimum Gasteiger partial charge on any atom is -0.389 e. The average Bonchev–Trinajstić information content (AvgIpc) is 2.36. The Hall–Kier alpha value is -1.12. The van der Waals surface area contributed by atoms with E-state index in [4.69, 9.17) is 0 Å². The van der Waals surface area contributed by atoms with Crippen LogP contribution in [0.2, 0.25) is 0 Å². The Morgan fingerprint density at radius 2 is 1.86 bits per heavy atom. The number of aliphatic hydroxyl groups excluding tert-OH is 1. The molecule has 0 fully saturated rings. The molecular formula is C20H32O2. The quantitative estimate of drug-likeness (QED) is 0.689. The zero-order chi connectivity index (χ0) is 16.8. The second kappa shape index (κ2) is 8.50. The van der Waals surface area contributed by atoms with Crippen molar-refractivity contribution in [2.45, 2.75) is 72.0 Å². The monoisotopic (exact) mass is 304 g/mol. The summed E-state index contributed by atoms with van der Waals surface area (Å²) in [7, 11) is 0. The molecule has 0 aromatic carbocycles. The Labute approximate surface area is 135 Å². The largest absolute Gasteiger partial charge is 0.389 e. The van der Waals surface area contributed by atoms with E-state index in [1.807, 2.05) is 18.2 Å². The van der Waals surface area contributed by atoms with E-state index in [-0.39, 0.29) is 5.92 Å². The second-order valence-corrected chi connectivity index (χ2v) is 7.11. The standard InChI is InChI=1S/C20H32O2/c1-15(2)18-12-11-17(4)9-6-8-16(3)10-7-13-20(5,22)14-19(18)21/h7-8,11-13,15,19,21-22H,6,9-10,14H2,1-5H3/b13-7+,16-8+,17-11+,18-12-/t19-,20-/m0/s1. The highest BCUT2D eigenvalue weighted by Gasteiger charge is 2.24.